The maximum Gasteiger partial charge on any atom is 0.306 e. The summed E-state index contributed by atoms with van der Waals surface area (Å²) in [5.41, 5.74) is 2.44. The number of hydrogen-bond acceptors (Lipinski definition) is 3. The van der Waals surface area contributed by atoms with Crippen molar-refractivity contribution in [2.45, 2.75) is 132 Å². The number of aliphatic hydroxyl groups is 1. The summed E-state index contributed by atoms with van der Waals surface area (Å²) in [5.74, 6) is 3.18. The molecule has 3 nitrogen and oxygen atoms in total. The Morgan fingerprint density at radius 3 is 2.30 bits per heavy atom. The minimum Gasteiger partial charge on any atom is -0.462 e. The van der Waals surface area contributed by atoms with Gasteiger partial charge in [0.15, 0.2) is 0 Å². The van der Waals surface area contributed by atoms with E-state index < -0.39 is 0 Å². The third kappa shape index (κ3) is 3.86. The van der Waals surface area contributed by atoms with Gasteiger partial charge in [-0.3, -0.25) is 4.79 Å². The molecule has 0 aromatic carbocycles. The summed E-state index contributed by atoms with van der Waals surface area (Å²) < 4.78 is 6.17. The van der Waals surface area contributed by atoms with Gasteiger partial charge in [-0.05, 0) is 134 Å². The Morgan fingerprint density at radius 2 is 1.65 bits per heavy atom. The zero-order valence-electron chi connectivity index (χ0n) is 25.1. The molecule has 0 spiro atoms. The van der Waals surface area contributed by atoms with Crippen LogP contribution in [0.15, 0.2) is 12.2 Å². The first-order chi connectivity index (χ1) is 17.3. The third-order valence-electron chi connectivity index (χ3n) is 13.9. The molecule has 37 heavy (non-hydrogen) atoms. The molecule has 0 aromatic heterocycles. The molecule has 0 aromatic rings. The van der Waals surface area contributed by atoms with Gasteiger partial charge in [-0.25, -0.2) is 0 Å². The maximum atomic E-state index is 12.6. The normalized spacial score (nSPS) is 50.3. The summed E-state index contributed by atoms with van der Waals surface area (Å²) >= 11 is 0. The van der Waals surface area contributed by atoms with Crippen molar-refractivity contribution in [2.24, 2.45) is 56.7 Å². The van der Waals surface area contributed by atoms with Crippen LogP contribution in [-0.2, 0) is 9.53 Å². The summed E-state index contributed by atoms with van der Waals surface area (Å²) in [7, 11) is 0. The van der Waals surface area contributed by atoms with Crippen LogP contribution in [0.3, 0.4) is 0 Å². The number of aliphatic hydroxyl groups excluding tert-OH is 1. The van der Waals surface area contributed by atoms with E-state index in [9.17, 15) is 9.90 Å². The topological polar surface area (TPSA) is 46.5 Å². The van der Waals surface area contributed by atoms with Crippen LogP contribution in [0.25, 0.3) is 0 Å². The first kappa shape index (κ1) is 27.7. The predicted octanol–water partition coefficient (Wildman–Crippen LogP) is 8.35. The lowest BCUT2D eigenvalue weighted by atomic mass is 9.32. The monoisotopic (exact) mass is 512 g/mol. The van der Waals surface area contributed by atoms with E-state index in [1.807, 2.05) is 0 Å². The Bertz CT molecular complexity index is 922. The van der Waals surface area contributed by atoms with E-state index >= 15 is 0 Å². The Morgan fingerprint density at radius 1 is 0.919 bits per heavy atom. The van der Waals surface area contributed by atoms with Crippen LogP contribution in [-0.4, -0.2) is 23.8 Å². The molecule has 3 heteroatoms. The van der Waals surface area contributed by atoms with Crippen molar-refractivity contribution >= 4 is 5.97 Å². The molecule has 5 rings (SSSR count). The number of carbonyl (C=O) groups excluding carboxylic acids is 1. The largest absolute Gasteiger partial charge is 0.462 e. The van der Waals surface area contributed by atoms with Gasteiger partial charge in [-0.2, -0.15) is 0 Å². The lowest BCUT2D eigenvalue weighted by molar-refractivity contribution is -0.248. The summed E-state index contributed by atoms with van der Waals surface area (Å²) in [4.78, 5) is 12.6. The average Bonchev–Trinajstić information content (AvgIpc) is 3.19. The van der Waals surface area contributed by atoms with Gasteiger partial charge in [-0.1, -0.05) is 53.7 Å². The number of ether oxygens (including phenoxy) is 1. The van der Waals surface area contributed by atoms with Crippen LogP contribution in [0.1, 0.15) is 126 Å². The van der Waals surface area contributed by atoms with E-state index in [-0.39, 0.29) is 33.7 Å². The fourth-order valence-corrected chi connectivity index (χ4v) is 12.3. The highest BCUT2D eigenvalue weighted by Gasteiger charge is 2.70. The molecule has 0 radical (unpaired) electrons. The van der Waals surface area contributed by atoms with Crippen LogP contribution in [0.4, 0.5) is 0 Å². The van der Waals surface area contributed by atoms with Gasteiger partial charge in [0.25, 0.3) is 0 Å². The standard InChI is InChI=1S/C34H56O3/c1-9-10-28(36)37-23-19-30(4,5)26-14-15-33(8)27(31(26,6)20-23)12-11-25-29-24(22(2)3)13-16-34(29,21-35)18-17-32(25,33)7/h23-27,29,35H,2,9-21H2,1,3-8H3/t23-,24+,25?,26?,27?,29?,31+,32-,33-,34-/m1/s1. The second kappa shape index (κ2) is 9.10. The van der Waals surface area contributed by atoms with Crippen LogP contribution in [0.5, 0.6) is 0 Å². The first-order valence-corrected chi connectivity index (χ1v) is 15.7. The molecule has 5 saturated carbocycles. The fourth-order valence-electron chi connectivity index (χ4n) is 12.3. The van der Waals surface area contributed by atoms with Crippen molar-refractivity contribution in [2.75, 3.05) is 6.61 Å². The van der Waals surface area contributed by atoms with Crippen molar-refractivity contribution < 1.29 is 14.6 Å². The molecular weight excluding hydrogens is 456 g/mol. The molecule has 0 bridgehead atoms. The minimum absolute atomic E-state index is 0.000662. The SMILES string of the molecule is C=C(C)[C@@H]1CC[C@]2(CO)CC[C@]3(C)C(CCC4[C@@]5(C)C[C@H](OC(=O)CCC)CC(C)(C)C5CC[C@]43C)C12. The van der Waals surface area contributed by atoms with E-state index in [0.29, 0.717) is 48.0 Å². The molecule has 5 fully saturated rings. The van der Waals surface area contributed by atoms with Crippen molar-refractivity contribution in [3.8, 4) is 0 Å². The maximum absolute atomic E-state index is 12.6. The van der Waals surface area contributed by atoms with Crippen LogP contribution in [0, 0.1) is 56.7 Å². The molecule has 0 aliphatic heterocycles. The number of hydrogen-bond donors (Lipinski definition) is 1. The lowest BCUT2D eigenvalue weighted by Gasteiger charge is -2.73. The molecule has 0 saturated heterocycles. The second-order valence-electron chi connectivity index (χ2n) is 16.0. The van der Waals surface area contributed by atoms with Crippen molar-refractivity contribution in [1.82, 2.24) is 0 Å². The van der Waals surface area contributed by atoms with E-state index in [2.05, 4.69) is 55.0 Å². The van der Waals surface area contributed by atoms with Crippen molar-refractivity contribution in [1.29, 1.82) is 0 Å². The van der Waals surface area contributed by atoms with Gasteiger partial charge < -0.3 is 9.84 Å². The molecule has 1 N–H and O–H groups in total. The van der Waals surface area contributed by atoms with E-state index in [1.165, 1.54) is 56.9 Å². The highest BCUT2D eigenvalue weighted by atomic mass is 16.5. The van der Waals surface area contributed by atoms with Crippen LogP contribution < -0.4 is 0 Å². The number of allylic oxidation sites excluding steroid dienone is 1. The van der Waals surface area contributed by atoms with Gasteiger partial charge >= 0.3 is 5.97 Å². The zero-order chi connectivity index (χ0) is 27.0. The predicted molar refractivity (Wildman–Crippen MR) is 151 cm³/mol. The van der Waals surface area contributed by atoms with Gasteiger partial charge in [0.2, 0.25) is 0 Å². The molecule has 0 amide bonds. The number of carbonyl (C=O) groups is 1. The molecule has 5 aliphatic rings. The van der Waals surface area contributed by atoms with Crippen molar-refractivity contribution in [3.05, 3.63) is 12.2 Å². The quantitative estimate of drug-likeness (QED) is 0.297. The molecule has 10 atom stereocenters. The Balaban J connectivity index is 1.50. The van der Waals surface area contributed by atoms with Gasteiger partial charge in [0.05, 0.1) is 0 Å². The van der Waals surface area contributed by atoms with Gasteiger partial charge in [-0.15, -0.1) is 0 Å². The molecule has 5 aliphatic carbocycles. The number of rotatable bonds is 5. The van der Waals surface area contributed by atoms with Gasteiger partial charge in [0, 0.05) is 13.0 Å². The van der Waals surface area contributed by atoms with Crippen molar-refractivity contribution in [3.63, 3.8) is 0 Å². The van der Waals surface area contributed by atoms with Crippen LogP contribution in [0.2, 0.25) is 0 Å². The highest BCUT2D eigenvalue weighted by molar-refractivity contribution is 5.69. The summed E-state index contributed by atoms with van der Waals surface area (Å²) in [6.45, 7) is 22.0. The van der Waals surface area contributed by atoms with E-state index in [1.54, 1.807) is 0 Å². The summed E-state index contributed by atoms with van der Waals surface area (Å²) in [6.07, 6.45) is 13.5. The Hall–Kier alpha value is -0.830. The smallest absolute Gasteiger partial charge is 0.306 e. The average molecular weight is 513 g/mol. The summed E-state index contributed by atoms with van der Waals surface area (Å²) in [5, 5.41) is 10.7. The highest BCUT2D eigenvalue weighted by Crippen LogP contribution is 2.77. The van der Waals surface area contributed by atoms with Crippen LogP contribution >= 0.6 is 0 Å². The minimum atomic E-state index is -0.000662. The van der Waals surface area contributed by atoms with E-state index in [4.69, 9.17) is 4.74 Å². The molecule has 0 heterocycles. The first-order valence-electron chi connectivity index (χ1n) is 15.7. The Kier molecular flexibility index (Phi) is 6.82. The fraction of sp³-hybridized carbons (Fsp3) is 0.912. The molecule has 4 unspecified atom stereocenters. The Labute approximate surface area is 227 Å². The molecule has 210 valence electrons. The molecular formula is C34H56O3. The zero-order valence-corrected chi connectivity index (χ0v) is 25.1. The number of esters is 1. The lowest BCUT2D eigenvalue weighted by Crippen LogP contribution is -2.66. The van der Waals surface area contributed by atoms with Gasteiger partial charge in [0.1, 0.15) is 6.10 Å². The third-order valence-corrected chi connectivity index (χ3v) is 13.9. The number of fused-ring (bicyclic) bond motifs is 7. The second-order valence-corrected chi connectivity index (χ2v) is 16.0. The summed E-state index contributed by atoms with van der Waals surface area (Å²) in [6, 6.07) is 0. The van der Waals surface area contributed by atoms with E-state index in [0.717, 1.165) is 19.3 Å².